The van der Waals surface area contributed by atoms with E-state index in [2.05, 4.69) is 50.5 Å². The van der Waals surface area contributed by atoms with E-state index < -0.39 is 5.91 Å². The van der Waals surface area contributed by atoms with E-state index in [1.54, 1.807) is 18.2 Å². The van der Waals surface area contributed by atoms with Crippen molar-refractivity contribution in [3.05, 3.63) is 90.1 Å². The Labute approximate surface area is 221 Å². The number of ether oxygens (including phenoxy) is 2. The van der Waals surface area contributed by atoms with E-state index in [4.69, 9.17) is 9.47 Å². The van der Waals surface area contributed by atoms with E-state index in [1.165, 1.54) is 0 Å². The topological polar surface area (TPSA) is 71.3 Å². The summed E-state index contributed by atoms with van der Waals surface area (Å²) in [5.74, 6) is 0.742. The number of hydrogen-bond donors (Lipinski definition) is 1. The van der Waals surface area contributed by atoms with Crippen LogP contribution in [0.25, 0.3) is 6.08 Å². The Morgan fingerprint density at radius 2 is 1.88 bits per heavy atom. The van der Waals surface area contributed by atoms with E-state index in [0.29, 0.717) is 36.0 Å². The molecule has 0 fully saturated rings. The molecule has 33 heavy (non-hydrogen) atoms. The molecule has 7 heteroatoms. The van der Waals surface area contributed by atoms with Crippen LogP contribution in [0.3, 0.4) is 0 Å². The molecule has 0 atom stereocenters. The number of amides is 1. The highest BCUT2D eigenvalue weighted by Gasteiger charge is 2.15. The number of nitriles is 1. The van der Waals surface area contributed by atoms with Crippen LogP contribution in [0, 0.1) is 25.4 Å². The van der Waals surface area contributed by atoms with Gasteiger partial charge in [0.25, 0.3) is 5.91 Å². The van der Waals surface area contributed by atoms with Crippen LogP contribution < -0.4 is 14.8 Å². The molecule has 1 amide bonds. The molecule has 0 unspecified atom stereocenters. The second-order valence-electron chi connectivity index (χ2n) is 7.11. The van der Waals surface area contributed by atoms with Gasteiger partial charge in [0.05, 0.1) is 10.2 Å². The van der Waals surface area contributed by atoms with Gasteiger partial charge in [-0.05, 0) is 112 Å². The third-order valence-electron chi connectivity index (χ3n) is 4.72. The van der Waals surface area contributed by atoms with E-state index in [0.717, 1.165) is 18.3 Å². The number of hydrogen-bond acceptors (Lipinski definition) is 4. The van der Waals surface area contributed by atoms with E-state index in [-0.39, 0.29) is 5.57 Å². The summed E-state index contributed by atoms with van der Waals surface area (Å²) in [4.78, 5) is 12.7. The fourth-order valence-electron chi connectivity index (χ4n) is 3.08. The molecule has 0 aliphatic carbocycles. The van der Waals surface area contributed by atoms with Gasteiger partial charge in [0.2, 0.25) is 0 Å². The molecule has 0 spiro atoms. The quantitative estimate of drug-likeness (QED) is 0.165. The highest BCUT2D eigenvalue weighted by Crippen LogP contribution is 2.35. The lowest BCUT2D eigenvalue weighted by Gasteiger charge is -2.15. The van der Waals surface area contributed by atoms with Gasteiger partial charge in [-0.25, -0.2) is 0 Å². The predicted octanol–water partition coefficient (Wildman–Crippen LogP) is 6.73. The van der Waals surface area contributed by atoms with Gasteiger partial charge in [-0.15, -0.1) is 0 Å². The summed E-state index contributed by atoms with van der Waals surface area (Å²) in [5, 5.41) is 12.4. The van der Waals surface area contributed by atoms with Crippen molar-refractivity contribution in [3.63, 3.8) is 0 Å². The second-order valence-corrected chi connectivity index (χ2v) is 9.52. The van der Waals surface area contributed by atoms with Gasteiger partial charge < -0.3 is 14.8 Å². The first-order chi connectivity index (χ1) is 15.9. The van der Waals surface area contributed by atoms with Crippen LogP contribution in [0.2, 0.25) is 0 Å². The summed E-state index contributed by atoms with van der Waals surface area (Å²) in [6.07, 6.45) is 1.55. The predicted molar refractivity (Wildman–Crippen MR) is 147 cm³/mol. The fraction of sp³-hybridized carbons (Fsp3) is 0.154. The Morgan fingerprint density at radius 3 is 2.58 bits per heavy atom. The minimum Gasteiger partial charge on any atom is -0.490 e. The van der Waals surface area contributed by atoms with Gasteiger partial charge in [-0.1, -0.05) is 30.3 Å². The van der Waals surface area contributed by atoms with Crippen molar-refractivity contribution in [2.75, 3.05) is 11.9 Å². The maximum Gasteiger partial charge on any atom is 0.266 e. The number of nitrogens with one attached hydrogen (secondary N) is 1. The Balaban J connectivity index is 1.86. The van der Waals surface area contributed by atoms with Gasteiger partial charge in [0.1, 0.15) is 18.2 Å². The maximum atomic E-state index is 12.7. The van der Waals surface area contributed by atoms with Crippen LogP contribution in [0.5, 0.6) is 11.5 Å². The monoisotopic (exact) mass is 664 g/mol. The molecule has 0 aliphatic rings. The molecule has 168 valence electrons. The fourth-order valence-corrected chi connectivity index (χ4v) is 4.40. The first kappa shape index (κ1) is 25.1. The summed E-state index contributed by atoms with van der Waals surface area (Å²) in [7, 11) is 0. The Bertz CT molecular complexity index is 1230. The van der Waals surface area contributed by atoms with Crippen molar-refractivity contribution < 1.29 is 14.3 Å². The van der Waals surface area contributed by atoms with E-state index in [9.17, 15) is 10.1 Å². The summed E-state index contributed by atoms with van der Waals surface area (Å²) < 4.78 is 13.7. The van der Waals surface area contributed by atoms with Crippen LogP contribution in [0.15, 0.2) is 66.2 Å². The standard InChI is InChI=1S/C26H22I2N2O3/c1-3-32-24-13-18(11-20(15-29)26(31)30-22-10-6-9-21(27)14-22)12-23(28)25(24)33-16-19-8-5-4-7-17(19)2/h4-14H,3,16H2,1-2H3,(H,30,31)/b20-11+. The third-order valence-corrected chi connectivity index (χ3v) is 6.20. The molecular formula is C26H22I2N2O3. The van der Waals surface area contributed by atoms with Crippen molar-refractivity contribution in [1.82, 2.24) is 0 Å². The van der Waals surface area contributed by atoms with Gasteiger partial charge in [0, 0.05) is 9.26 Å². The average molecular weight is 664 g/mol. The van der Waals surface area contributed by atoms with Gasteiger partial charge in [0.15, 0.2) is 11.5 Å². The van der Waals surface area contributed by atoms with Crippen LogP contribution in [-0.4, -0.2) is 12.5 Å². The molecular weight excluding hydrogens is 642 g/mol. The molecule has 5 nitrogen and oxygen atoms in total. The molecule has 0 aromatic heterocycles. The summed E-state index contributed by atoms with van der Waals surface area (Å²) in [6.45, 7) is 4.82. The number of rotatable bonds is 8. The lowest BCUT2D eigenvalue weighted by atomic mass is 10.1. The lowest BCUT2D eigenvalue weighted by molar-refractivity contribution is -0.112. The van der Waals surface area contributed by atoms with Gasteiger partial charge >= 0.3 is 0 Å². The first-order valence-electron chi connectivity index (χ1n) is 10.2. The third kappa shape index (κ3) is 6.95. The van der Waals surface area contributed by atoms with Crippen molar-refractivity contribution in [3.8, 4) is 17.6 Å². The van der Waals surface area contributed by atoms with Crippen molar-refractivity contribution in [2.45, 2.75) is 20.5 Å². The minimum atomic E-state index is -0.465. The van der Waals surface area contributed by atoms with Crippen LogP contribution in [-0.2, 0) is 11.4 Å². The molecule has 0 bridgehead atoms. The summed E-state index contributed by atoms with van der Waals surface area (Å²) in [6, 6.07) is 21.1. The molecule has 0 radical (unpaired) electrons. The van der Waals surface area contributed by atoms with Gasteiger partial charge in [-0.2, -0.15) is 5.26 Å². The van der Waals surface area contributed by atoms with Gasteiger partial charge in [-0.3, -0.25) is 4.79 Å². The Hall–Kier alpha value is -2.58. The minimum absolute atomic E-state index is 0.000637. The molecule has 3 aromatic rings. The number of carbonyl (C=O) groups is 1. The largest absolute Gasteiger partial charge is 0.490 e. The zero-order valence-corrected chi connectivity index (χ0v) is 22.5. The lowest BCUT2D eigenvalue weighted by Crippen LogP contribution is -2.13. The number of benzene rings is 3. The van der Waals surface area contributed by atoms with Crippen molar-refractivity contribution in [1.29, 1.82) is 5.26 Å². The number of halogens is 2. The zero-order chi connectivity index (χ0) is 23.8. The normalized spacial score (nSPS) is 10.9. The van der Waals surface area contributed by atoms with Crippen LogP contribution >= 0.6 is 45.2 Å². The van der Waals surface area contributed by atoms with E-state index >= 15 is 0 Å². The van der Waals surface area contributed by atoms with Crippen LogP contribution in [0.1, 0.15) is 23.6 Å². The number of carbonyl (C=O) groups excluding carboxylic acids is 1. The number of anilines is 1. The highest BCUT2D eigenvalue weighted by molar-refractivity contribution is 14.1. The second kappa shape index (κ2) is 12.0. The molecule has 0 heterocycles. The Kier molecular flexibility index (Phi) is 9.14. The SMILES string of the molecule is CCOc1cc(/C=C(\C#N)C(=O)Nc2cccc(I)c2)cc(I)c1OCc1ccccc1C. The Morgan fingerprint density at radius 1 is 1.09 bits per heavy atom. The average Bonchev–Trinajstić information content (AvgIpc) is 2.78. The first-order valence-corrected chi connectivity index (χ1v) is 12.4. The molecule has 0 aliphatic heterocycles. The molecule has 0 saturated heterocycles. The number of aryl methyl sites for hydroxylation is 1. The summed E-state index contributed by atoms with van der Waals surface area (Å²) in [5.41, 5.74) is 3.57. The molecule has 3 rings (SSSR count). The smallest absolute Gasteiger partial charge is 0.266 e. The molecule has 0 saturated carbocycles. The van der Waals surface area contributed by atoms with Crippen molar-refractivity contribution in [2.24, 2.45) is 0 Å². The van der Waals surface area contributed by atoms with Crippen LogP contribution in [0.4, 0.5) is 5.69 Å². The zero-order valence-electron chi connectivity index (χ0n) is 18.2. The van der Waals surface area contributed by atoms with E-state index in [1.807, 2.05) is 68.4 Å². The maximum absolute atomic E-state index is 12.7. The molecule has 3 aromatic carbocycles. The molecule has 1 N–H and O–H groups in total. The summed E-state index contributed by atoms with van der Waals surface area (Å²) >= 11 is 4.35. The highest BCUT2D eigenvalue weighted by atomic mass is 127. The van der Waals surface area contributed by atoms with Crippen molar-refractivity contribution >= 4 is 62.9 Å². The number of nitrogens with zero attached hydrogens (tertiary/aromatic N) is 1.